The quantitative estimate of drug-likeness (QED) is 0.240. The lowest BCUT2D eigenvalue weighted by Gasteiger charge is -2.19. The molecule has 0 aliphatic rings. The van der Waals surface area contributed by atoms with Crippen LogP contribution in [0.1, 0.15) is 49.9 Å². The van der Waals surface area contributed by atoms with Crippen LogP contribution in [0.15, 0.2) is 79.0 Å². The topological polar surface area (TPSA) is 65.8 Å². The Morgan fingerprint density at radius 3 is 2.47 bits per heavy atom. The summed E-state index contributed by atoms with van der Waals surface area (Å²) in [7, 11) is 0. The lowest BCUT2D eigenvalue weighted by molar-refractivity contribution is -0.116. The van der Waals surface area contributed by atoms with E-state index in [9.17, 15) is 10.1 Å². The lowest BCUT2D eigenvalue weighted by atomic mass is 9.83. The summed E-state index contributed by atoms with van der Waals surface area (Å²) in [6.07, 6.45) is 3.72. The number of carbonyl (C=O) groups excluding carboxylic acids is 1. The molecule has 0 spiro atoms. The number of pyridine rings is 1. The first-order valence-corrected chi connectivity index (χ1v) is 12.2. The number of benzene rings is 3. The van der Waals surface area contributed by atoms with Crippen LogP contribution in [-0.2, 0) is 10.2 Å². The van der Waals surface area contributed by atoms with E-state index < -0.39 is 5.41 Å². The Morgan fingerprint density at radius 1 is 1.03 bits per heavy atom. The molecule has 0 aliphatic heterocycles. The van der Waals surface area contributed by atoms with Gasteiger partial charge < -0.3 is 5.32 Å². The third-order valence-corrected chi connectivity index (χ3v) is 6.24. The van der Waals surface area contributed by atoms with Crippen LogP contribution in [0.2, 0.25) is 0 Å². The van der Waals surface area contributed by atoms with Gasteiger partial charge in [0.25, 0.3) is 5.91 Å². The lowest BCUT2D eigenvalue weighted by Crippen LogP contribution is -2.30. The van der Waals surface area contributed by atoms with Crippen molar-refractivity contribution in [2.24, 2.45) is 0 Å². The maximum atomic E-state index is 13.1. The summed E-state index contributed by atoms with van der Waals surface area (Å²) in [5.41, 5.74) is 6.67. The fourth-order valence-electron chi connectivity index (χ4n) is 4.15. The summed E-state index contributed by atoms with van der Waals surface area (Å²) in [4.78, 5) is 17.8. The van der Waals surface area contributed by atoms with Gasteiger partial charge in [0.15, 0.2) is 0 Å². The predicted molar refractivity (Wildman–Crippen MR) is 148 cm³/mol. The Bertz CT molecular complexity index is 1490. The number of carbonyl (C=O) groups is 1. The molecule has 1 amide bonds. The first-order chi connectivity index (χ1) is 17.2. The number of nitriles is 1. The van der Waals surface area contributed by atoms with Crippen LogP contribution in [0.3, 0.4) is 0 Å². The molecule has 0 unspecified atom stereocenters. The Balaban J connectivity index is 1.87. The maximum Gasteiger partial charge on any atom is 0.252 e. The van der Waals surface area contributed by atoms with E-state index >= 15 is 0 Å². The van der Waals surface area contributed by atoms with Gasteiger partial charge in [-0.1, -0.05) is 54.1 Å². The molecule has 0 radical (unpaired) electrons. The Morgan fingerprint density at radius 2 is 1.78 bits per heavy atom. The van der Waals surface area contributed by atoms with Crippen molar-refractivity contribution in [3.63, 3.8) is 0 Å². The van der Waals surface area contributed by atoms with Crippen molar-refractivity contribution in [1.82, 2.24) is 10.3 Å². The summed E-state index contributed by atoms with van der Waals surface area (Å²) >= 11 is 0. The number of aromatic nitrogens is 1. The van der Waals surface area contributed by atoms with Crippen molar-refractivity contribution in [2.75, 3.05) is 0 Å². The van der Waals surface area contributed by atoms with E-state index in [0.717, 1.165) is 44.3 Å². The molecule has 0 saturated carbocycles. The van der Waals surface area contributed by atoms with Crippen LogP contribution in [0.5, 0.6) is 0 Å². The molecule has 0 atom stereocenters. The van der Waals surface area contributed by atoms with Crippen molar-refractivity contribution in [3.8, 4) is 17.2 Å². The Kier molecular flexibility index (Phi) is 7.03. The van der Waals surface area contributed by atoms with Gasteiger partial charge in [-0.3, -0.25) is 9.78 Å². The van der Waals surface area contributed by atoms with Gasteiger partial charge in [-0.2, -0.15) is 5.26 Å². The van der Waals surface area contributed by atoms with Crippen molar-refractivity contribution in [3.05, 3.63) is 101 Å². The minimum atomic E-state index is -0.635. The molecule has 1 heterocycles. The molecular weight excluding hydrogens is 442 g/mol. The van der Waals surface area contributed by atoms with Crippen LogP contribution in [-0.4, -0.2) is 16.9 Å². The number of aryl methyl sites for hydroxylation is 1. The molecule has 180 valence electrons. The molecule has 0 aliphatic carbocycles. The average Bonchev–Trinajstić information content (AvgIpc) is 2.87. The zero-order chi connectivity index (χ0) is 25.9. The van der Waals surface area contributed by atoms with Gasteiger partial charge in [0.1, 0.15) is 0 Å². The third-order valence-electron chi connectivity index (χ3n) is 6.24. The van der Waals surface area contributed by atoms with Gasteiger partial charge in [-0.15, -0.1) is 0 Å². The highest BCUT2D eigenvalue weighted by atomic mass is 16.1. The van der Waals surface area contributed by atoms with Crippen LogP contribution in [0, 0.1) is 18.3 Å². The molecule has 0 fully saturated rings. The fraction of sp³-hybridized carbons (Fsp3) is 0.219. The zero-order valence-corrected chi connectivity index (χ0v) is 21.5. The largest absolute Gasteiger partial charge is 0.350 e. The van der Waals surface area contributed by atoms with E-state index in [2.05, 4.69) is 28.5 Å². The second-order valence-corrected chi connectivity index (χ2v) is 10.0. The van der Waals surface area contributed by atoms with Crippen LogP contribution in [0.25, 0.3) is 33.7 Å². The summed E-state index contributed by atoms with van der Waals surface area (Å²) < 4.78 is 0. The van der Waals surface area contributed by atoms with E-state index in [1.807, 2.05) is 101 Å². The molecule has 1 N–H and O–H groups in total. The van der Waals surface area contributed by atoms with Gasteiger partial charge in [-0.05, 0) is 87.2 Å². The summed E-state index contributed by atoms with van der Waals surface area (Å²) in [6.45, 7) is 9.80. The predicted octanol–water partition coefficient (Wildman–Crippen LogP) is 7.08. The average molecular weight is 474 g/mol. The minimum Gasteiger partial charge on any atom is -0.350 e. The van der Waals surface area contributed by atoms with E-state index in [4.69, 9.17) is 0 Å². The first-order valence-electron chi connectivity index (χ1n) is 12.2. The number of nitrogens with zero attached hydrogens (tertiary/aromatic N) is 2. The van der Waals surface area contributed by atoms with Crippen molar-refractivity contribution < 1.29 is 4.79 Å². The Hall–Kier alpha value is -4.23. The molecule has 4 heteroatoms. The molecule has 4 aromatic rings. The highest BCUT2D eigenvalue weighted by Crippen LogP contribution is 2.34. The van der Waals surface area contributed by atoms with Gasteiger partial charge in [0, 0.05) is 28.8 Å². The molecule has 36 heavy (non-hydrogen) atoms. The second kappa shape index (κ2) is 10.2. The van der Waals surface area contributed by atoms with Crippen LogP contribution >= 0.6 is 0 Å². The van der Waals surface area contributed by atoms with Crippen LogP contribution < -0.4 is 5.32 Å². The number of hydrogen-bond acceptors (Lipinski definition) is 3. The van der Waals surface area contributed by atoms with Gasteiger partial charge in [0.05, 0.1) is 17.0 Å². The highest BCUT2D eigenvalue weighted by molar-refractivity contribution is 6.24. The van der Waals surface area contributed by atoms with Gasteiger partial charge in [-0.25, -0.2) is 0 Å². The van der Waals surface area contributed by atoms with Gasteiger partial charge >= 0.3 is 0 Å². The SMILES string of the molecule is Cc1ccc(/C(=C\c2cccc(-c3cc(C(C)(C)C#N)cc4cccnc34)c2)C(=O)NC(C)C)cc1. The molecule has 4 nitrogen and oxygen atoms in total. The van der Waals surface area contributed by atoms with Crippen LogP contribution in [0.4, 0.5) is 0 Å². The van der Waals surface area contributed by atoms with E-state index in [1.54, 1.807) is 6.20 Å². The second-order valence-electron chi connectivity index (χ2n) is 10.0. The first kappa shape index (κ1) is 24.9. The summed E-state index contributed by atoms with van der Waals surface area (Å²) in [5.74, 6) is -0.107. The molecule has 0 saturated heterocycles. The molecule has 0 bridgehead atoms. The van der Waals surface area contributed by atoms with Crippen molar-refractivity contribution >= 4 is 28.5 Å². The summed E-state index contributed by atoms with van der Waals surface area (Å²) in [5, 5.41) is 13.8. The standard InChI is InChI=1S/C32H31N3O/c1-21(2)35-31(36)29(24-13-11-22(3)12-14-24)17-23-8-6-9-25(16-23)28-19-27(32(4,5)20-33)18-26-10-7-15-34-30(26)28/h6-19,21H,1-5H3,(H,35,36)/b29-17+. The maximum absolute atomic E-state index is 13.1. The molecular formula is C32H31N3O. The minimum absolute atomic E-state index is 0.0290. The molecule has 1 aromatic heterocycles. The van der Waals surface area contributed by atoms with Crippen molar-refractivity contribution in [2.45, 2.75) is 46.1 Å². The number of hydrogen-bond donors (Lipinski definition) is 1. The normalized spacial score (nSPS) is 12.0. The van der Waals surface area contributed by atoms with Gasteiger partial charge in [0.2, 0.25) is 0 Å². The molecule has 3 aromatic carbocycles. The molecule has 4 rings (SSSR count). The number of rotatable bonds is 6. The number of nitrogens with one attached hydrogen (secondary N) is 1. The van der Waals surface area contributed by atoms with Crippen molar-refractivity contribution in [1.29, 1.82) is 5.26 Å². The summed E-state index contributed by atoms with van der Waals surface area (Å²) in [6, 6.07) is 26.6. The monoisotopic (exact) mass is 473 g/mol. The Labute approximate surface area is 213 Å². The highest BCUT2D eigenvalue weighted by Gasteiger charge is 2.22. The fourth-order valence-corrected chi connectivity index (χ4v) is 4.15. The van der Waals surface area contributed by atoms with E-state index in [-0.39, 0.29) is 11.9 Å². The number of amides is 1. The van der Waals surface area contributed by atoms with E-state index in [1.165, 1.54) is 0 Å². The zero-order valence-electron chi connectivity index (χ0n) is 21.5. The smallest absolute Gasteiger partial charge is 0.252 e. The third kappa shape index (κ3) is 5.37. The number of fused-ring (bicyclic) bond motifs is 1. The van der Waals surface area contributed by atoms with E-state index in [0.29, 0.717) is 5.57 Å².